The summed E-state index contributed by atoms with van der Waals surface area (Å²) in [4.78, 5) is 31.7. The van der Waals surface area contributed by atoms with Crippen molar-refractivity contribution in [3.63, 3.8) is 0 Å². The molecule has 1 N–H and O–H groups in total. The predicted molar refractivity (Wildman–Crippen MR) is 55.4 cm³/mol. The van der Waals surface area contributed by atoms with Crippen molar-refractivity contribution in [1.82, 2.24) is 5.01 Å². The zero-order valence-corrected chi connectivity index (χ0v) is 8.58. The second-order valence-electron chi connectivity index (χ2n) is 3.16. The second-order valence-corrected chi connectivity index (χ2v) is 3.16. The summed E-state index contributed by atoms with van der Waals surface area (Å²) in [6.07, 6.45) is 0. The molecule has 0 saturated heterocycles. The fraction of sp³-hybridized carbons (Fsp3) is 0.200. The molecule has 0 unspecified atom stereocenters. The van der Waals surface area contributed by atoms with Gasteiger partial charge in [0, 0.05) is 6.92 Å². The summed E-state index contributed by atoms with van der Waals surface area (Å²) in [6, 6.07) is 5.87. The van der Waals surface area contributed by atoms with Crippen molar-refractivity contribution in [3.8, 4) is 0 Å². The Morgan fingerprint density at radius 3 is 2.25 bits per heavy atom. The van der Waals surface area contributed by atoms with E-state index in [4.69, 9.17) is 5.11 Å². The summed E-state index contributed by atoms with van der Waals surface area (Å²) in [5, 5.41) is 12.0. The molecule has 84 valence electrons. The molecule has 0 aliphatic heterocycles. The number of nitrogens with zero attached hydrogens (tertiary/aromatic N) is 2. The molecule has 6 heteroatoms. The van der Waals surface area contributed by atoms with Crippen LogP contribution in [0.2, 0.25) is 0 Å². The van der Waals surface area contributed by atoms with Crippen LogP contribution in [0.1, 0.15) is 22.8 Å². The molecule has 0 heterocycles. The smallest absolute Gasteiger partial charge is 0.335 e. The lowest BCUT2D eigenvalue weighted by Crippen LogP contribution is -2.21. The van der Waals surface area contributed by atoms with E-state index in [0.717, 1.165) is 5.01 Å². The van der Waals surface area contributed by atoms with Gasteiger partial charge in [0.05, 0.1) is 17.4 Å². The Hall–Kier alpha value is -2.24. The van der Waals surface area contributed by atoms with Crippen LogP contribution >= 0.6 is 0 Å². The molecule has 0 atom stereocenters. The van der Waals surface area contributed by atoms with Gasteiger partial charge in [-0.25, -0.2) is 4.79 Å². The van der Waals surface area contributed by atoms with Crippen LogP contribution in [0.15, 0.2) is 29.6 Å². The summed E-state index contributed by atoms with van der Waals surface area (Å²) in [7, 11) is 0. The highest BCUT2D eigenvalue weighted by molar-refractivity contribution is 5.87. The minimum Gasteiger partial charge on any atom is -0.478 e. The monoisotopic (exact) mass is 222 g/mol. The molecule has 1 aromatic rings. The fourth-order valence-electron chi connectivity index (χ4n) is 1.12. The van der Waals surface area contributed by atoms with Gasteiger partial charge in [0.25, 0.3) is 0 Å². The van der Waals surface area contributed by atoms with Crippen molar-refractivity contribution in [1.29, 1.82) is 0 Å². The average Bonchev–Trinajstić information content (AvgIpc) is 2.26. The predicted octanol–water partition coefficient (Wildman–Crippen LogP) is 1.41. The first-order valence-corrected chi connectivity index (χ1v) is 4.48. The Labute approximate surface area is 91.4 Å². The van der Waals surface area contributed by atoms with Crippen molar-refractivity contribution >= 4 is 11.9 Å². The van der Waals surface area contributed by atoms with E-state index in [2.05, 4.69) is 5.29 Å². The first kappa shape index (κ1) is 11.8. The fourth-order valence-corrected chi connectivity index (χ4v) is 1.12. The molecule has 1 amide bonds. The Morgan fingerprint density at radius 1 is 1.31 bits per heavy atom. The third kappa shape index (κ3) is 2.88. The van der Waals surface area contributed by atoms with Crippen molar-refractivity contribution in [3.05, 3.63) is 40.3 Å². The number of hydrogen-bond acceptors (Lipinski definition) is 4. The normalized spacial score (nSPS) is 9.56. The lowest BCUT2D eigenvalue weighted by Gasteiger charge is -2.10. The number of carboxylic acid groups (broad SMARTS) is 1. The van der Waals surface area contributed by atoms with Crippen LogP contribution in [-0.4, -0.2) is 22.0 Å². The molecule has 0 aromatic heterocycles. The van der Waals surface area contributed by atoms with E-state index in [0.29, 0.717) is 5.56 Å². The molecule has 0 spiro atoms. The van der Waals surface area contributed by atoms with Gasteiger partial charge in [-0.2, -0.15) is 5.01 Å². The van der Waals surface area contributed by atoms with Crippen molar-refractivity contribution in [2.45, 2.75) is 13.5 Å². The Morgan fingerprint density at radius 2 is 1.88 bits per heavy atom. The minimum atomic E-state index is -1.02. The number of carbonyl (C=O) groups excluding carboxylic acids is 1. The van der Waals surface area contributed by atoms with Gasteiger partial charge < -0.3 is 5.11 Å². The zero-order valence-electron chi connectivity index (χ0n) is 8.58. The van der Waals surface area contributed by atoms with Gasteiger partial charge in [-0.15, -0.1) is 4.91 Å². The van der Waals surface area contributed by atoms with Crippen LogP contribution in [0.4, 0.5) is 0 Å². The minimum absolute atomic E-state index is 0.0404. The first-order chi connectivity index (χ1) is 7.54. The van der Waals surface area contributed by atoms with Crippen molar-refractivity contribution in [2.24, 2.45) is 5.29 Å². The van der Waals surface area contributed by atoms with E-state index >= 15 is 0 Å². The summed E-state index contributed by atoms with van der Waals surface area (Å²) in [5.74, 6) is -1.49. The highest BCUT2D eigenvalue weighted by atomic mass is 16.4. The molecule has 0 radical (unpaired) electrons. The maximum absolute atomic E-state index is 10.9. The van der Waals surface area contributed by atoms with E-state index in [1.807, 2.05) is 0 Å². The summed E-state index contributed by atoms with van der Waals surface area (Å²) >= 11 is 0. The van der Waals surface area contributed by atoms with Gasteiger partial charge in [0.1, 0.15) is 0 Å². The molecular weight excluding hydrogens is 212 g/mol. The quantitative estimate of drug-likeness (QED) is 0.616. The van der Waals surface area contributed by atoms with E-state index in [9.17, 15) is 14.5 Å². The molecular formula is C10H10N2O4. The largest absolute Gasteiger partial charge is 0.478 e. The second kappa shape index (κ2) is 5.01. The molecule has 0 aliphatic rings. The van der Waals surface area contributed by atoms with Crippen molar-refractivity contribution < 1.29 is 14.7 Å². The Balaban J connectivity index is 2.78. The number of aromatic carboxylic acids is 1. The number of amides is 1. The number of rotatable bonds is 4. The highest BCUT2D eigenvalue weighted by Crippen LogP contribution is 2.08. The van der Waals surface area contributed by atoms with E-state index in [-0.39, 0.29) is 12.1 Å². The SMILES string of the molecule is CC(=O)N(Cc1ccc(C(=O)O)cc1)N=O. The zero-order chi connectivity index (χ0) is 12.1. The van der Waals surface area contributed by atoms with E-state index < -0.39 is 11.9 Å². The lowest BCUT2D eigenvalue weighted by molar-refractivity contribution is -0.129. The van der Waals surface area contributed by atoms with Gasteiger partial charge in [-0.3, -0.25) is 4.79 Å². The molecule has 1 aromatic carbocycles. The highest BCUT2D eigenvalue weighted by Gasteiger charge is 2.09. The summed E-state index contributed by atoms with van der Waals surface area (Å²) in [5.41, 5.74) is 0.789. The third-order valence-corrected chi connectivity index (χ3v) is 2.00. The molecule has 0 fully saturated rings. The molecule has 0 aliphatic carbocycles. The molecule has 0 saturated carbocycles. The van der Waals surface area contributed by atoms with Crippen LogP contribution in [0, 0.1) is 4.91 Å². The molecule has 0 bridgehead atoms. The molecule has 1 rings (SSSR count). The number of hydrogen-bond donors (Lipinski definition) is 1. The van der Waals surface area contributed by atoms with E-state index in [1.165, 1.54) is 31.2 Å². The van der Waals surface area contributed by atoms with E-state index in [1.54, 1.807) is 0 Å². The summed E-state index contributed by atoms with van der Waals surface area (Å²) < 4.78 is 0. The van der Waals surface area contributed by atoms with Gasteiger partial charge in [0.15, 0.2) is 0 Å². The van der Waals surface area contributed by atoms with Crippen LogP contribution in [0.3, 0.4) is 0 Å². The number of benzene rings is 1. The lowest BCUT2D eigenvalue weighted by atomic mass is 10.1. The van der Waals surface area contributed by atoms with Crippen LogP contribution in [0.5, 0.6) is 0 Å². The van der Waals surface area contributed by atoms with Crippen LogP contribution in [0.25, 0.3) is 0 Å². The van der Waals surface area contributed by atoms with Crippen LogP contribution < -0.4 is 0 Å². The first-order valence-electron chi connectivity index (χ1n) is 4.48. The molecule has 6 nitrogen and oxygen atoms in total. The Kier molecular flexibility index (Phi) is 3.71. The standard InChI is InChI=1S/C10H10N2O4/c1-7(13)12(11-16)6-8-2-4-9(5-3-8)10(14)15/h2-5H,6H2,1H3,(H,14,15). The van der Waals surface area contributed by atoms with Gasteiger partial charge in [-0.1, -0.05) is 12.1 Å². The number of carboxylic acids is 1. The van der Waals surface area contributed by atoms with Gasteiger partial charge in [0.2, 0.25) is 5.91 Å². The maximum atomic E-state index is 10.9. The van der Waals surface area contributed by atoms with Gasteiger partial charge in [-0.05, 0) is 17.7 Å². The van der Waals surface area contributed by atoms with Gasteiger partial charge >= 0.3 is 5.97 Å². The maximum Gasteiger partial charge on any atom is 0.335 e. The van der Waals surface area contributed by atoms with Crippen LogP contribution in [-0.2, 0) is 11.3 Å². The third-order valence-electron chi connectivity index (χ3n) is 2.00. The summed E-state index contributed by atoms with van der Waals surface area (Å²) in [6.45, 7) is 1.27. The number of carbonyl (C=O) groups is 2. The van der Waals surface area contributed by atoms with Crippen molar-refractivity contribution in [2.75, 3.05) is 0 Å². The molecule has 16 heavy (non-hydrogen) atoms. The topological polar surface area (TPSA) is 87.0 Å². The number of nitroso groups, excluding NO2 is 1. The average molecular weight is 222 g/mol. The Bertz CT molecular complexity index is 413.